The van der Waals surface area contributed by atoms with Crippen LogP contribution in [0.15, 0.2) is 51.7 Å². The summed E-state index contributed by atoms with van der Waals surface area (Å²) in [7, 11) is 1.32. The third-order valence-electron chi connectivity index (χ3n) is 5.76. The van der Waals surface area contributed by atoms with E-state index in [1.165, 1.54) is 7.11 Å². The van der Waals surface area contributed by atoms with Gasteiger partial charge in [0, 0.05) is 13.2 Å². The lowest BCUT2D eigenvalue weighted by Crippen LogP contribution is -2.31. The van der Waals surface area contributed by atoms with Crippen LogP contribution in [0.1, 0.15) is 63.9 Å². The van der Waals surface area contributed by atoms with Crippen LogP contribution < -0.4 is 5.43 Å². The number of nitrogens with zero attached hydrogens (tertiary/aromatic N) is 1. The molecule has 2 aromatic carbocycles. The summed E-state index contributed by atoms with van der Waals surface area (Å²) in [5.41, 5.74) is 2.55. The Morgan fingerprint density at radius 2 is 1.85 bits per heavy atom. The van der Waals surface area contributed by atoms with Crippen LogP contribution in [0.3, 0.4) is 0 Å². The summed E-state index contributed by atoms with van der Waals surface area (Å²) >= 11 is 0. The third kappa shape index (κ3) is 4.28. The molecule has 3 aromatic rings. The molecule has 2 heterocycles. The summed E-state index contributed by atoms with van der Waals surface area (Å²) in [5.74, 6) is -0.701. The minimum absolute atomic E-state index is 0.0724. The van der Waals surface area contributed by atoms with Gasteiger partial charge >= 0.3 is 5.97 Å². The Bertz CT molecular complexity index is 1260. The number of benzene rings is 2. The first-order valence-corrected chi connectivity index (χ1v) is 11.0. The largest absolute Gasteiger partial charge is 0.465 e. The average molecular weight is 450 g/mol. The lowest BCUT2D eigenvalue weighted by atomic mass is 9.97. The first-order chi connectivity index (χ1) is 15.8. The van der Waals surface area contributed by atoms with Crippen molar-refractivity contribution in [3.05, 3.63) is 80.7 Å². The van der Waals surface area contributed by atoms with Gasteiger partial charge < -0.3 is 18.8 Å². The first kappa shape index (κ1) is 22.7. The predicted molar refractivity (Wildman–Crippen MR) is 124 cm³/mol. The summed E-state index contributed by atoms with van der Waals surface area (Å²) in [4.78, 5) is 40.4. The molecular weight excluding hydrogens is 422 g/mol. The molecule has 172 valence electrons. The highest BCUT2D eigenvalue weighted by Crippen LogP contribution is 2.38. The molecule has 7 nitrogen and oxygen atoms in total. The van der Waals surface area contributed by atoms with E-state index >= 15 is 0 Å². The molecule has 1 unspecified atom stereocenters. The standard InChI is InChI=1S/C26H27NO6/c1-15(2)32-13-5-12-27-22(17-7-9-18(10-8-17)26(30)31-4)21-23(28)19-14-16(3)6-11-20(19)33-24(21)25(27)29/h6-11,14-15,22H,5,12-13H2,1-4H3. The van der Waals surface area contributed by atoms with E-state index in [0.717, 1.165) is 11.1 Å². The molecule has 0 saturated carbocycles. The molecule has 0 radical (unpaired) electrons. The van der Waals surface area contributed by atoms with Crippen molar-refractivity contribution in [2.75, 3.05) is 20.3 Å². The van der Waals surface area contributed by atoms with Crippen molar-refractivity contribution in [3.8, 4) is 0 Å². The number of methoxy groups -OCH3 is 1. The molecule has 4 rings (SSSR count). The molecule has 1 aliphatic heterocycles. The van der Waals surface area contributed by atoms with Gasteiger partial charge in [0.15, 0.2) is 5.43 Å². The van der Waals surface area contributed by atoms with Gasteiger partial charge in [0.25, 0.3) is 5.91 Å². The normalized spacial score (nSPS) is 15.4. The van der Waals surface area contributed by atoms with E-state index in [1.54, 1.807) is 41.3 Å². The average Bonchev–Trinajstić information content (AvgIpc) is 3.08. The van der Waals surface area contributed by atoms with Crippen molar-refractivity contribution in [2.45, 2.75) is 39.3 Å². The highest BCUT2D eigenvalue weighted by Gasteiger charge is 2.42. The van der Waals surface area contributed by atoms with Crippen molar-refractivity contribution >= 4 is 22.8 Å². The molecule has 0 bridgehead atoms. The Balaban J connectivity index is 1.80. The fraction of sp³-hybridized carbons (Fsp3) is 0.346. The topological polar surface area (TPSA) is 86.0 Å². The molecule has 0 saturated heterocycles. The highest BCUT2D eigenvalue weighted by atomic mass is 16.5. The molecule has 1 amide bonds. The van der Waals surface area contributed by atoms with E-state index in [4.69, 9.17) is 13.9 Å². The van der Waals surface area contributed by atoms with E-state index in [9.17, 15) is 14.4 Å². The Morgan fingerprint density at radius 3 is 2.52 bits per heavy atom. The van der Waals surface area contributed by atoms with Gasteiger partial charge in [0.05, 0.1) is 35.8 Å². The summed E-state index contributed by atoms with van der Waals surface area (Å²) in [6.45, 7) is 6.71. The third-order valence-corrected chi connectivity index (χ3v) is 5.76. The summed E-state index contributed by atoms with van der Waals surface area (Å²) < 4.78 is 16.4. The molecule has 0 fully saturated rings. The molecule has 0 N–H and O–H groups in total. The Kier molecular flexibility index (Phi) is 6.33. The molecular formula is C26H27NO6. The molecule has 1 atom stereocenters. The fourth-order valence-corrected chi connectivity index (χ4v) is 4.18. The van der Waals surface area contributed by atoms with E-state index in [0.29, 0.717) is 41.7 Å². The Morgan fingerprint density at radius 1 is 1.12 bits per heavy atom. The summed E-state index contributed by atoms with van der Waals surface area (Å²) in [6.07, 6.45) is 0.705. The molecule has 1 aromatic heterocycles. The van der Waals surface area contributed by atoms with Crippen LogP contribution in [-0.4, -0.2) is 43.1 Å². The lowest BCUT2D eigenvalue weighted by Gasteiger charge is -2.25. The number of carbonyl (C=O) groups is 2. The van der Waals surface area contributed by atoms with Crippen LogP contribution in [-0.2, 0) is 9.47 Å². The van der Waals surface area contributed by atoms with Gasteiger partial charge in [0.2, 0.25) is 5.76 Å². The van der Waals surface area contributed by atoms with Crippen molar-refractivity contribution in [1.29, 1.82) is 0 Å². The SMILES string of the molecule is COC(=O)c1ccc(C2c3c(oc4ccc(C)cc4c3=O)C(=O)N2CCCOC(C)C)cc1. The molecule has 0 spiro atoms. The second-order valence-corrected chi connectivity index (χ2v) is 8.46. The maximum atomic E-state index is 13.6. The number of hydrogen-bond acceptors (Lipinski definition) is 6. The van der Waals surface area contributed by atoms with Crippen molar-refractivity contribution in [3.63, 3.8) is 0 Å². The van der Waals surface area contributed by atoms with Crippen molar-refractivity contribution < 1.29 is 23.5 Å². The Labute approximate surface area is 191 Å². The number of carbonyl (C=O) groups excluding carboxylic acids is 2. The molecule has 1 aliphatic rings. The van der Waals surface area contributed by atoms with Crippen LogP contribution in [0.4, 0.5) is 0 Å². The van der Waals surface area contributed by atoms with Gasteiger partial charge in [-0.1, -0.05) is 23.8 Å². The smallest absolute Gasteiger partial charge is 0.337 e. The molecule has 7 heteroatoms. The number of amides is 1. The predicted octanol–water partition coefficient (Wildman–Crippen LogP) is 4.25. The number of aryl methyl sites for hydroxylation is 1. The van der Waals surface area contributed by atoms with Gasteiger partial charge in [-0.3, -0.25) is 9.59 Å². The lowest BCUT2D eigenvalue weighted by molar-refractivity contribution is 0.0585. The number of fused-ring (bicyclic) bond motifs is 2. The zero-order valence-electron chi connectivity index (χ0n) is 19.2. The van der Waals surface area contributed by atoms with Gasteiger partial charge in [0.1, 0.15) is 5.58 Å². The van der Waals surface area contributed by atoms with Crippen LogP contribution in [0.2, 0.25) is 0 Å². The zero-order valence-corrected chi connectivity index (χ0v) is 19.2. The minimum atomic E-state index is -0.612. The van der Waals surface area contributed by atoms with Crippen LogP contribution in [0.25, 0.3) is 11.0 Å². The van der Waals surface area contributed by atoms with Crippen LogP contribution >= 0.6 is 0 Å². The van der Waals surface area contributed by atoms with Crippen molar-refractivity contribution in [2.24, 2.45) is 0 Å². The number of esters is 1. The van der Waals surface area contributed by atoms with Gasteiger partial charge in [-0.2, -0.15) is 0 Å². The molecule has 0 aliphatic carbocycles. The van der Waals surface area contributed by atoms with E-state index < -0.39 is 12.0 Å². The summed E-state index contributed by atoms with van der Waals surface area (Å²) in [5, 5.41) is 0.447. The quantitative estimate of drug-likeness (QED) is 0.396. The van der Waals surface area contributed by atoms with Crippen LogP contribution in [0, 0.1) is 6.92 Å². The molecule has 33 heavy (non-hydrogen) atoms. The maximum Gasteiger partial charge on any atom is 0.337 e. The Hall–Kier alpha value is -3.45. The van der Waals surface area contributed by atoms with E-state index in [1.807, 2.05) is 26.8 Å². The maximum absolute atomic E-state index is 13.6. The number of ether oxygens (including phenoxy) is 2. The van der Waals surface area contributed by atoms with Crippen LogP contribution in [0.5, 0.6) is 0 Å². The van der Waals surface area contributed by atoms with Crippen molar-refractivity contribution in [1.82, 2.24) is 4.90 Å². The monoisotopic (exact) mass is 449 g/mol. The number of rotatable bonds is 7. The van der Waals surface area contributed by atoms with E-state index in [-0.39, 0.29) is 23.2 Å². The fourth-order valence-electron chi connectivity index (χ4n) is 4.18. The number of hydrogen-bond donors (Lipinski definition) is 0. The van der Waals surface area contributed by atoms with Gasteiger partial charge in [-0.05, 0) is 57.0 Å². The second-order valence-electron chi connectivity index (χ2n) is 8.46. The van der Waals surface area contributed by atoms with Gasteiger partial charge in [-0.25, -0.2) is 4.79 Å². The first-order valence-electron chi connectivity index (χ1n) is 11.0. The second kappa shape index (κ2) is 9.19. The van der Waals surface area contributed by atoms with E-state index in [2.05, 4.69) is 0 Å². The zero-order chi connectivity index (χ0) is 23.7. The minimum Gasteiger partial charge on any atom is -0.465 e. The summed E-state index contributed by atoms with van der Waals surface area (Å²) in [6, 6.07) is 11.5. The highest BCUT2D eigenvalue weighted by molar-refractivity contribution is 5.99. The van der Waals surface area contributed by atoms with Gasteiger partial charge in [-0.15, -0.1) is 0 Å².